The van der Waals surface area contributed by atoms with Gasteiger partial charge >= 0.3 is 0 Å². The molecule has 0 amide bonds. The number of rotatable bonds is 4. The molecule has 3 aromatic heterocycles. The van der Waals surface area contributed by atoms with E-state index >= 15 is 0 Å². The number of nitrogens with zero attached hydrogens (tertiary/aromatic N) is 2. The summed E-state index contributed by atoms with van der Waals surface area (Å²) in [6.45, 7) is 0. The number of thiophene rings is 1. The molecule has 0 bridgehead atoms. The number of furan rings is 1. The minimum atomic E-state index is -0.371. The number of allylic oxidation sites excluding steroid dienone is 1. The Kier molecular flexibility index (Phi) is 3.18. The second-order valence-corrected chi connectivity index (χ2v) is 4.80. The van der Waals surface area contributed by atoms with Crippen molar-refractivity contribution in [3.05, 3.63) is 53.6 Å². The van der Waals surface area contributed by atoms with Crippen molar-refractivity contribution in [1.29, 1.82) is 0 Å². The fourth-order valence-corrected chi connectivity index (χ4v) is 2.43. The van der Waals surface area contributed by atoms with Crippen LogP contribution in [0.25, 0.3) is 16.4 Å². The van der Waals surface area contributed by atoms with Crippen LogP contribution in [-0.4, -0.2) is 26.1 Å². The molecular formula is C13H9N3O3S. The van der Waals surface area contributed by atoms with Crippen LogP contribution in [0.2, 0.25) is 0 Å². The number of aliphatic hydroxyl groups excluding tert-OH is 1. The summed E-state index contributed by atoms with van der Waals surface area (Å²) in [5.74, 6) is -0.109. The van der Waals surface area contributed by atoms with E-state index in [4.69, 9.17) is 4.42 Å². The van der Waals surface area contributed by atoms with Crippen LogP contribution in [0.5, 0.6) is 0 Å². The monoisotopic (exact) mass is 287 g/mol. The molecule has 7 heteroatoms. The molecule has 6 nitrogen and oxygen atoms in total. The first-order valence-electron chi connectivity index (χ1n) is 5.68. The molecule has 20 heavy (non-hydrogen) atoms. The van der Waals surface area contributed by atoms with Crippen LogP contribution in [0, 0.1) is 0 Å². The highest BCUT2D eigenvalue weighted by molar-refractivity contribution is 7.13. The lowest BCUT2D eigenvalue weighted by molar-refractivity contribution is 0.104. The molecule has 0 saturated heterocycles. The van der Waals surface area contributed by atoms with Crippen LogP contribution in [0.15, 0.2) is 46.7 Å². The normalized spacial score (nSPS) is 11.7. The van der Waals surface area contributed by atoms with E-state index in [0.29, 0.717) is 11.3 Å². The average molecular weight is 287 g/mol. The highest BCUT2D eigenvalue weighted by atomic mass is 32.1. The van der Waals surface area contributed by atoms with Crippen LogP contribution < -0.4 is 0 Å². The van der Waals surface area contributed by atoms with Gasteiger partial charge in [-0.3, -0.25) is 9.89 Å². The summed E-state index contributed by atoms with van der Waals surface area (Å²) in [4.78, 5) is 16.8. The summed E-state index contributed by atoms with van der Waals surface area (Å²) >= 11 is 1.47. The smallest absolute Gasteiger partial charge is 0.215 e. The number of H-pyrrole nitrogens is 1. The second-order valence-electron chi connectivity index (χ2n) is 3.86. The van der Waals surface area contributed by atoms with Gasteiger partial charge in [0.1, 0.15) is 6.33 Å². The number of carbonyl (C=O) groups is 1. The lowest BCUT2D eigenvalue weighted by Gasteiger charge is -1.97. The molecular weight excluding hydrogens is 278 g/mol. The Balaban J connectivity index is 1.93. The number of carbonyl (C=O) groups excluding carboxylic acids is 1. The third-order valence-electron chi connectivity index (χ3n) is 2.59. The number of hydrogen-bond acceptors (Lipinski definition) is 6. The van der Waals surface area contributed by atoms with Crippen molar-refractivity contribution >= 4 is 22.9 Å². The maximum absolute atomic E-state index is 12.2. The lowest BCUT2D eigenvalue weighted by Crippen LogP contribution is -1.97. The Morgan fingerprint density at radius 3 is 3.05 bits per heavy atom. The van der Waals surface area contributed by atoms with E-state index in [1.807, 2.05) is 17.5 Å². The van der Waals surface area contributed by atoms with E-state index < -0.39 is 0 Å². The third-order valence-corrected chi connectivity index (χ3v) is 3.46. The molecule has 3 aromatic rings. The van der Waals surface area contributed by atoms with Gasteiger partial charge in [0, 0.05) is 6.08 Å². The fourth-order valence-electron chi connectivity index (χ4n) is 1.70. The molecule has 0 saturated carbocycles. The van der Waals surface area contributed by atoms with E-state index in [-0.39, 0.29) is 17.4 Å². The molecule has 100 valence electrons. The minimum absolute atomic E-state index is 0.0690. The summed E-state index contributed by atoms with van der Waals surface area (Å²) in [6.07, 6.45) is 3.84. The Morgan fingerprint density at radius 1 is 1.45 bits per heavy atom. The maximum Gasteiger partial charge on any atom is 0.215 e. The van der Waals surface area contributed by atoms with Gasteiger partial charge in [-0.2, -0.15) is 5.10 Å². The number of aliphatic hydroxyl groups is 1. The zero-order valence-electron chi connectivity index (χ0n) is 10.1. The summed E-state index contributed by atoms with van der Waals surface area (Å²) in [6, 6.07) is 5.30. The molecule has 0 spiro atoms. The summed E-state index contributed by atoms with van der Waals surface area (Å²) in [7, 11) is 0. The highest BCUT2D eigenvalue weighted by Crippen LogP contribution is 2.29. The van der Waals surface area contributed by atoms with E-state index in [0.717, 1.165) is 11.0 Å². The van der Waals surface area contributed by atoms with Crippen LogP contribution in [0.1, 0.15) is 16.2 Å². The van der Waals surface area contributed by atoms with Crippen molar-refractivity contribution in [2.75, 3.05) is 0 Å². The van der Waals surface area contributed by atoms with Gasteiger partial charge in [0.05, 0.1) is 16.7 Å². The molecule has 0 aliphatic heterocycles. The van der Waals surface area contributed by atoms with Gasteiger partial charge in [-0.05, 0) is 17.5 Å². The molecule has 0 aliphatic rings. The Bertz CT molecular complexity index is 742. The molecule has 0 unspecified atom stereocenters. The second kappa shape index (κ2) is 5.14. The third kappa shape index (κ3) is 2.26. The Labute approximate surface area is 117 Å². The number of ketones is 1. The van der Waals surface area contributed by atoms with Gasteiger partial charge < -0.3 is 9.52 Å². The van der Waals surface area contributed by atoms with E-state index in [9.17, 15) is 9.90 Å². The lowest BCUT2D eigenvalue weighted by atomic mass is 10.1. The number of aromatic nitrogens is 3. The predicted molar refractivity (Wildman–Crippen MR) is 73.3 cm³/mol. The average Bonchev–Trinajstić information content (AvgIpc) is 3.19. The van der Waals surface area contributed by atoms with Crippen LogP contribution >= 0.6 is 11.3 Å². The number of nitrogens with one attached hydrogen (secondary N) is 1. The predicted octanol–water partition coefficient (Wildman–Crippen LogP) is 2.91. The number of aromatic amines is 1. The van der Waals surface area contributed by atoms with E-state index in [2.05, 4.69) is 15.2 Å². The van der Waals surface area contributed by atoms with Gasteiger partial charge in [-0.25, -0.2) is 4.98 Å². The maximum atomic E-state index is 12.2. The summed E-state index contributed by atoms with van der Waals surface area (Å²) in [5, 5.41) is 17.8. The number of hydrogen-bond donors (Lipinski definition) is 2. The van der Waals surface area contributed by atoms with E-state index in [1.165, 1.54) is 23.9 Å². The molecule has 0 aromatic carbocycles. The zero-order chi connectivity index (χ0) is 13.9. The molecule has 0 atom stereocenters. The summed E-state index contributed by atoms with van der Waals surface area (Å²) < 4.78 is 5.34. The molecule has 3 rings (SSSR count). The molecule has 2 N–H and O–H groups in total. The first-order valence-corrected chi connectivity index (χ1v) is 6.56. The van der Waals surface area contributed by atoms with E-state index in [1.54, 1.807) is 6.07 Å². The molecule has 0 radical (unpaired) electrons. The largest absolute Gasteiger partial charge is 0.504 e. The van der Waals surface area contributed by atoms with Gasteiger partial charge in [0.15, 0.2) is 17.3 Å². The van der Waals surface area contributed by atoms with Gasteiger partial charge in [0.25, 0.3) is 0 Å². The zero-order valence-corrected chi connectivity index (χ0v) is 10.9. The summed E-state index contributed by atoms with van der Waals surface area (Å²) in [5.41, 5.74) is 0.384. The fraction of sp³-hybridized carbons (Fsp3) is 0. The first-order chi connectivity index (χ1) is 9.75. The minimum Gasteiger partial charge on any atom is -0.504 e. The van der Waals surface area contributed by atoms with Crippen molar-refractivity contribution in [2.24, 2.45) is 0 Å². The molecule has 3 heterocycles. The van der Waals surface area contributed by atoms with Gasteiger partial charge in [-0.15, -0.1) is 11.3 Å². The van der Waals surface area contributed by atoms with Gasteiger partial charge in [0.2, 0.25) is 5.82 Å². The Morgan fingerprint density at radius 2 is 2.35 bits per heavy atom. The Hall–Kier alpha value is -2.67. The van der Waals surface area contributed by atoms with Gasteiger partial charge in [-0.1, -0.05) is 6.07 Å². The molecule has 0 aliphatic carbocycles. The van der Waals surface area contributed by atoms with Crippen molar-refractivity contribution in [3.63, 3.8) is 0 Å². The topological polar surface area (TPSA) is 92.0 Å². The standard InChI is InChI=1S/C13H9N3O3S/c17-9(6-10(18)13-14-7-15-16-13)8-3-4-19-12(8)11-2-1-5-20-11/h1-7,18H,(H,14,15,16). The van der Waals surface area contributed by atoms with Crippen LogP contribution in [0.4, 0.5) is 0 Å². The van der Waals surface area contributed by atoms with Crippen molar-refractivity contribution < 1.29 is 14.3 Å². The first kappa shape index (κ1) is 12.4. The van der Waals surface area contributed by atoms with Crippen molar-refractivity contribution in [2.45, 2.75) is 0 Å². The van der Waals surface area contributed by atoms with Crippen molar-refractivity contribution in [1.82, 2.24) is 15.2 Å². The highest BCUT2D eigenvalue weighted by Gasteiger charge is 2.17. The quantitative estimate of drug-likeness (QED) is 0.437. The van der Waals surface area contributed by atoms with Crippen molar-refractivity contribution in [3.8, 4) is 10.6 Å². The van der Waals surface area contributed by atoms with Crippen LogP contribution in [0.3, 0.4) is 0 Å². The van der Waals surface area contributed by atoms with Crippen LogP contribution in [-0.2, 0) is 0 Å². The SMILES string of the molecule is O=C(C=C(O)c1nc[nH]n1)c1ccoc1-c1cccs1. The molecule has 0 fully saturated rings.